The van der Waals surface area contributed by atoms with Crippen LogP contribution in [0, 0.1) is 23.7 Å². The fourth-order valence-corrected chi connectivity index (χ4v) is 6.37. The fourth-order valence-electron chi connectivity index (χ4n) is 6.37. The van der Waals surface area contributed by atoms with E-state index >= 15 is 0 Å². The van der Waals surface area contributed by atoms with E-state index in [0.717, 1.165) is 71.2 Å². The normalized spacial score (nSPS) is 40.6. The molecule has 1 aliphatic carbocycles. The Morgan fingerprint density at radius 3 is 2.67 bits per heavy atom. The molecule has 8 nitrogen and oxygen atoms in total. The molecule has 9 heteroatoms. The molecule has 8 atom stereocenters. The van der Waals surface area contributed by atoms with E-state index in [4.69, 9.17) is 0 Å². The van der Waals surface area contributed by atoms with Gasteiger partial charge in [0.15, 0.2) is 0 Å². The highest BCUT2D eigenvalue weighted by atomic mass is 19.1. The van der Waals surface area contributed by atoms with E-state index in [9.17, 15) is 9.18 Å². The number of hydrogen-bond acceptors (Lipinski definition) is 7. The maximum atomic E-state index is 14.4. The van der Waals surface area contributed by atoms with E-state index in [0.29, 0.717) is 24.4 Å². The first-order valence-corrected chi connectivity index (χ1v) is 13.4. The molecule has 0 aromatic heterocycles. The molecule has 4 fully saturated rings. The summed E-state index contributed by atoms with van der Waals surface area (Å²) in [6, 6.07) is 0.360. The molecule has 3 aliphatic heterocycles. The smallest absolute Gasteiger partial charge is 0.223 e. The lowest BCUT2D eigenvalue weighted by molar-refractivity contribution is -0.126. The van der Waals surface area contributed by atoms with Crippen LogP contribution in [0.2, 0.25) is 0 Å². The van der Waals surface area contributed by atoms with Gasteiger partial charge in [0.05, 0.1) is 12.3 Å². The summed E-state index contributed by atoms with van der Waals surface area (Å²) >= 11 is 0. The van der Waals surface area contributed by atoms with Crippen molar-refractivity contribution in [2.24, 2.45) is 23.7 Å². The number of hydrazine groups is 1. The second-order valence-electron chi connectivity index (χ2n) is 10.7. The summed E-state index contributed by atoms with van der Waals surface area (Å²) in [5.74, 6) is 1.63. The molecule has 0 radical (unpaired) electrons. The number of hydrogen-bond donors (Lipinski definition) is 6. The number of likely N-dealkylation sites (N-methyl/N-ethyl adjacent to an activating group) is 1. The number of nitrogens with one attached hydrogen (secondary N) is 6. The lowest BCUT2D eigenvalue weighted by Crippen LogP contribution is -2.52. The van der Waals surface area contributed by atoms with Crippen LogP contribution >= 0.6 is 0 Å². The standard InChI is InChI=1S/C24H46FN7O/c1-3-16-12-26-9-7-18(16)13-29-24(33)17-5-4-6-19(11-17)28-15-22-30-31-23(32(22)2)20-8-10-27-14-21(20)25/h16-23,26-28,30-31H,3-15H2,1-2H3,(H,29,33). The number of carbonyl (C=O) groups is 1. The quantitative estimate of drug-likeness (QED) is 0.310. The van der Waals surface area contributed by atoms with Crippen molar-refractivity contribution in [1.29, 1.82) is 0 Å². The molecular weight excluding hydrogens is 421 g/mol. The number of nitrogens with zero attached hydrogens (tertiary/aromatic N) is 1. The highest BCUT2D eigenvalue weighted by Crippen LogP contribution is 2.27. The van der Waals surface area contributed by atoms with Crippen LogP contribution in [0.25, 0.3) is 0 Å². The van der Waals surface area contributed by atoms with Crippen molar-refractivity contribution >= 4 is 5.91 Å². The molecule has 190 valence electrons. The molecule has 1 saturated carbocycles. The Labute approximate surface area is 198 Å². The van der Waals surface area contributed by atoms with E-state index in [2.05, 4.69) is 51.0 Å². The second kappa shape index (κ2) is 12.2. The Morgan fingerprint density at radius 2 is 1.85 bits per heavy atom. The Hall–Kier alpha value is -0.840. The minimum Gasteiger partial charge on any atom is -0.356 e. The molecule has 4 aliphatic rings. The van der Waals surface area contributed by atoms with Gasteiger partial charge in [-0.1, -0.05) is 19.8 Å². The van der Waals surface area contributed by atoms with Crippen LogP contribution in [-0.2, 0) is 4.79 Å². The van der Waals surface area contributed by atoms with Gasteiger partial charge in [-0.15, -0.1) is 0 Å². The van der Waals surface area contributed by atoms with Crippen LogP contribution in [0.1, 0.15) is 51.9 Å². The van der Waals surface area contributed by atoms with E-state index in [1.54, 1.807) is 0 Å². The molecule has 0 aromatic rings. The van der Waals surface area contributed by atoms with Crippen molar-refractivity contribution in [3.8, 4) is 0 Å². The lowest BCUT2D eigenvalue weighted by Gasteiger charge is -2.35. The van der Waals surface area contributed by atoms with Gasteiger partial charge < -0.3 is 21.3 Å². The second-order valence-corrected chi connectivity index (χ2v) is 10.7. The molecule has 1 amide bonds. The molecule has 8 unspecified atom stereocenters. The average molecular weight is 468 g/mol. The predicted molar refractivity (Wildman–Crippen MR) is 129 cm³/mol. The van der Waals surface area contributed by atoms with E-state index in [1.807, 2.05) is 0 Å². The van der Waals surface area contributed by atoms with Gasteiger partial charge in [0.25, 0.3) is 0 Å². The highest BCUT2D eigenvalue weighted by Gasteiger charge is 2.40. The van der Waals surface area contributed by atoms with Gasteiger partial charge in [0.2, 0.25) is 5.91 Å². The number of halogens is 1. The van der Waals surface area contributed by atoms with Gasteiger partial charge in [-0.2, -0.15) is 0 Å². The average Bonchev–Trinajstić information content (AvgIpc) is 3.21. The maximum absolute atomic E-state index is 14.4. The zero-order chi connectivity index (χ0) is 23.2. The first kappa shape index (κ1) is 25.3. The van der Waals surface area contributed by atoms with Gasteiger partial charge in [-0.3, -0.25) is 9.69 Å². The molecule has 6 N–H and O–H groups in total. The molecule has 0 aromatic carbocycles. The molecule has 3 saturated heterocycles. The van der Waals surface area contributed by atoms with Crippen molar-refractivity contribution in [1.82, 2.24) is 37.0 Å². The Bertz CT molecular complexity index is 626. The molecule has 0 bridgehead atoms. The third-order valence-electron chi connectivity index (χ3n) is 8.66. The van der Waals surface area contributed by atoms with E-state index < -0.39 is 6.17 Å². The molecule has 4 rings (SSSR count). The summed E-state index contributed by atoms with van der Waals surface area (Å²) in [6.45, 7) is 7.33. The summed E-state index contributed by atoms with van der Waals surface area (Å²) in [7, 11) is 2.07. The molecular formula is C24H46FN7O. The van der Waals surface area contributed by atoms with E-state index in [-0.39, 0.29) is 30.1 Å². The number of piperidine rings is 2. The molecule has 33 heavy (non-hydrogen) atoms. The Balaban J connectivity index is 1.19. The summed E-state index contributed by atoms with van der Waals surface area (Å²) < 4.78 is 14.4. The lowest BCUT2D eigenvalue weighted by atomic mass is 9.83. The van der Waals surface area contributed by atoms with E-state index in [1.165, 1.54) is 6.42 Å². The maximum Gasteiger partial charge on any atom is 0.223 e. The molecule has 0 spiro atoms. The van der Waals surface area contributed by atoms with Crippen molar-refractivity contribution in [3.05, 3.63) is 0 Å². The monoisotopic (exact) mass is 467 g/mol. The zero-order valence-corrected chi connectivity index (χ0v) is 20.5. The predicted octanol–water partition coefficient (Wildman–Crippen LogP) is 0.526. The number of carbonyl (C=O) groups excluding carboxylic acids is 1. The Kier molecular flexibility index (Phi) is 9.35. The van der Waals surface area contributed by atoms with Gasteiger partial charge >= 0.3 is 0 Å². The van der Waals surface area contributed by atoms with Crippen LogP contribution in [0.4, 0.5) is 4.39 Å². The van der Waals surface area contributed by atoms with Crippen LogP contribution in [-0.4, -0.2) is 81.7 Å². The van der Waals surface area contributed by atoms with Crippen molar-refractivity contribution in [2.45, 2.75) is 76.4 Å². The SMILES string of the molecule is CCC1CNCCC1CNC(=O)C1CCCC(NCC2NNC(C3CCNCC3F)N2C)C1. The Morgan fingerprint density at radius 1 is 1.03 bits per heavy atom. The molecule has 3 heterocycles. The third-order valence-corrected chi connectivity index (χ3v) is 8.66. The van der Waals surface area contributed by atoms with Gasteiger partial charge in [0.1, 0.15) is 6.17 Å². The number of alkyl halides is 1. The number of rotatable bonds is 8. The zero-order valence-electron chi connectivity index (χ0n) is 20.5. The van der Waals surface area contributed by atoms with Crippen molar-refractivity contribution < 1.29 is 9.18 Å². The fraction of sp³-hybridized carbons (Fsp3) is 0.958. The van der Waals surface area contributed by atoms with Crippen LogP contribution in [0.3, 0.4) is 0 Å². The topological polar surface area (TPSA) is 92.5 Å². The van der Waals surface area contributed by atoms with Crippen LogP contribution < -0.4 is 32.1 Å². The van der Waals surface area contributed by atoms with Crippen molar-refractivity contribution in [3.63, 3.8) is 0 Å². The summed E-state index contributed by atoms with van der Waals surface area (Å²) in [5, 5.41) is 13.6. The van der Waals surface area contributed by atoms with Gasteiger partial charge in [0, 0.05) is 37.5 Å². The highest BCUT2D eigenvalue weighted by molar-refractivity contribution is 5.78. The van der Waals surface area contributed by atoms with Crippen LogP contribution in [0.5, 0.6) is 0 Å². The van der Waals surface area contributed by atoms with Crippen molar-refractivity contribution in [2.75, 3.05) is 46.3 Å². The first-order chi connectivity index (χ1) is 16.1. The summed E-state index contributed by atoms with van der Waals surface area (Å²) in [5.41, 5.74) is 6.68. The van der Waals surface area contributed by atoms with Gasteiger partial charge in [-0.25, -0.2) is 15.2 Å². The third kappa shape index (κ3) is 6.44. The van der Waals surface area contributed by atoms with Gasteiger partial charge in [-0.05, 0) is 70.6 Å². The number of amides is 1. The minimum atomic E-state index is -0.817. The minimum absolute atomic E-state index is 0.00348. The first-order valence-electron chi connectivity index (χ1n) is 13.4. The summed E-state index contributed by atoms with van der Waals surface area (Å²) in [6.07, 6.45) is 6.60. The summed E-state index contributed by atoms with van der Waals surface area (Å²) in [4.78, 5) is 15.1. The van der Waals surface area contributed by atoms with Crippen LogP contribution in [0.15, 0.2) is 0 Å². The largest absolute Gasteiger partial charge is 0.356 e.